The predicted octanol–water partition coefficient (Wildman–Crippen LogP) is 3.09. The maximum Gasteiger partial charge on any atom is 0.243 e. The molecule has 1 aliphatic heterocycles. The second kappa shape index (κ2) is 8.14. The zero-order valence-corrected chi connectivity index (χ0v) is 16.5. The molecule has 1 aliphatic rings. The highest BCUT2D eigenvalue weighted by Crippen LogP contribution is 2.32. The van der Waals surface area contributed by atoms with Crippen molar-refractivity contribution >= 4 is 51.3 Å². The van der Waals surface area contributed by atoms with Gasteiger partial charge in [0.1, 0.15) is 5.82 Å². The number of carbonyl (C=O) groups excluding carboxylic acids is 1. The van der Waals surface area contributed by atoms with E-state index >= 15 is 0 Å². The highest BCUT2D eigenvalue weighted by atomic mass is 35.5. The molecule has 5 N–H and O–H groups in total. The van der Waals surface area contributed by atoms with Gasteiger partial charge >= 0.3 is 0 Å². The van der Waals surface area contributed by atoms with E-state index in [2.05, 4.69) is 15.6 Å². The van der Waals surface area contributed by atoms with Gasteiger partial charge in [0.05, 0.1) is 28.9 Å². The minimum absolute atomic E-state index is 0.0767. The Morgan fingerprint density at radius 3 is 2.90 bits per heavy atom. The molecule has 0 bridgehead atoms. The van der Waals surface area contributed by atoms with Crippen LogP contribution in [-0.2, 0) is 4.79 Å². The molecule has 3 aromatic rings. The number of anilines is 4. The molecule has 0 aliphatic carbocycles. The van der Waals surface area contributed by atoms with Crippen LogP contribution in [0.2, 0.25) is 5.02 Å². The molecule has 0 unspecified atom stereocenters. The minimum atomic E-state index is -0.319. The molecule has 0 spiro atoms. The van der Waals surface area contributed by atoms with E-state index in [1.165, 1.54) is 0 Å². The zero-order valence-electron chi connectivity index (χ0n) is 15.7. The van der Waals surface area contributed by atoms with Gasteiger partial charge in [0, 0.05) is 29.9 Å². The summed E-state index contributed by atoms with van der Waals surface area (Å²) in [6.07, 6.45) is 0.418. The number of rotatable bonds is 5. The number of hydrogen-bond donors (Lipinski definition) is 4. The number of aromatic nitrogens is 1. The number of β-amino-alcohol motifs (C(OH)–C–C–N with tert-alkyl or cyclic N) is 1. The van der Waals surface area contributed by atoms with Crippen LogP contribution in [0.1, 0.15) is 6.42 Å². The number of nitrogen functional groups attached to an aromatic ring is 1. The third-order valence-electron chi connectivity index (χ3n) is 4.90. The summed E-state index contributed by atoms with van der Waals surface area (Å²) >= 11 is 6.35. The van der Waals surface area contributed by atoms with E-state index in [0.717, 1.165) is 35.4 Å². The molecule has 7 nitrogen and oxygen atoms in total. The lowest BCUT2D eigenvalue weighted by atomic mass is 10.1. The molecule has 1 aromatic heterocycles. The molecule has 2 aromatic carbocycles. The van der Waals surface area contributed by atoms with Crippen molar-refractivity contribution in [3.05, 3.63) is 53.6 Å². The Morgan fingerprint density at radius 2 is 2.14 bits per heavy atom. The first-order valence-electron chi connectivity index (χ1n) is 9.41. The molecule has 0 radical (unpaired) electrons. The summed E-state index contributed by atoms with van der Waals surface area (Å²) in [6, 6.07) is 14.5. The van der Waals surface area contributed by atoms with Gasteiger partial charge < -0.3 is 26.4 Å². The van der Waals surface area contributed by atoms with Crippen molar-refractivity contribution in [3.63, 3.8) is 0 Å². The van der Waals surface area contributed by atoms with Gasteiger partial charge in [0.25, 0.3) is 0 Å². The summed E-state index contributed by atoms with van der Waals surface area (Å²) in [5.41, 5.74) is 8.41. The number of benzene rings is 2. The van der Waals surface area contributed by atoms with E-state index in [1.54, 1.807) is 18.2 Å². The number of amides is 1. The maximum absolute atomic E-state index is 12.5. The lowest BCUT2D eigenvalue weighted by Crippen LogP contribution is -2.23. The van der Waals surface area contributed by atoms with Gasteiger partial charge in [-0.3, -0.25) is 4.79 Å². The Labute approximate surface area is 173 Å². The number of halogens is 1. The van der Waals surface area contributed by atoms with Crippen molar-refractivity contribution in [1.29, 1.82) is 0 Å². The van der Waals surface area contributed by atoms with Gasteiger partial charge in [-0.15, -0.1) is 0 Å². The number of nitrogens with two attached hydrogens (primary N) is 1. The Bertz CT molecular complexity index is 1060. The van der Waals surface area contributed by atoms with E-state index in [4.69, 9.17) is 17.3 Å². The monoisotopic (exact) mass is 411 g/mol. The van der Waals surface area contributed by atoms with Crippen molar-refractivity contribution in [2.45, 2.75) is 12.5 Å². The number of nitrogens with one attached hydrogen (secondary N) is 2. The third-order valence-corrected chi connectivity index (χ3v) is 5.21. The van der Waals surface area contributed by atoms with Crippen LogP contribution in [0.4, 0.5) is 22.9 Å². The molecule has 1 fully saturated rings. The molecule has 0 saturated carbocycles. The van der Waals surface area contributed by atoms with Crippen LogP contribution in [0.15, 0.2) is 48.5 Å². The average molecular weight is 412 g/mol. The third kappa shape index (κ3) is 4.36. The largest absolute Gasteiger partial charge is 0.399 e. The molecule has 1 amide bonds. The minimum Gasteiger partial charge on any atom is -0.399 e. The van der Waals surface area contributed by atoms with Crippen LogP contribution in [0.3, 0.4) is 0 Å². The molecule has 4 rings (SSSR count). The summed E-state index contributed by atoms with van der Waals surface area (Å²) in [4.78, 5) is 19.2. The molecule has 2 heterocycles. The van der Waals surface area contributed by atoms with Crippen molar-refractivity contribution in [2.75, 3.05) is 40.9 Å². The van der Waals surface area contributed by atoms with E-state index in [1.807, 2.05) is 35.2 Å². The fourth-order valence-corrected chi connectivity index (χ4v) is 3.65. The first-order valence-corrected chi connectivity index (χ1v) is 9.79. The fraction of sp³-hybridized carbons (Fsp3) is 0.238. The average Bonchev–Trinajstić information content (AvgIpc) is 3.15. The first-order chi connectivity index (χ1) is 14.0. The van der Waals surface area contributed by atoms with Crippen LogP contribution >= 0.6 is 11.6 Å². The highest BCUT2D eigenvalue weighted by molar-refractivity contribution is 6.35. The van der Waals surface area contributed by atoms with Crippen LogP contribution in [0.5, 0.6) is 0 Å². The Balaban J connectivity index is 1.51. The molecule has 1 atom stereocenters. The second-order valence-corrected chi connectivity index (χ2v) is 7.48. The predicted molar refractivity (Wildman–Crippen MR) is 118 cm³/mol. The molecular formula is C21H22ClN5O2. The van der Waals surface area contributed by atoms with E-state index < -0.39 is 0 Å². The Kier molecular flexibility index (Phi) is 5.42. The number of aliphatic hydroxyl groups is 1. The highest BCUT2D eigenvalue weighted by Gasteiger charge is 2.22. The smallest absolute Gasteiger partial charge is 0.243 e. The number of carbonyl (C=O) groups is 1. The van der Waals surface area contributed by atoms with Crippen LogP contribution in [-0.4, -0.2) is 41.7 Å². The van der Waals surface area contributed by atoms with Gasteiger partial charge in [-0.05, 0) is 48.9 Å². The summed E-state index contributed by atoms with van der Waals surface area (Å²) in [7, 11) is 0. The number of fused-ring (bicyclic) bond motifs is 1. The SMILES string of the molecule is Nc1cccc(NCC(=O)Nc2c(Cl)ccc3nc(N4CC[C@@H](O)C4)ccc23)c1. The van der Waals surface area contributed by atoms with Crippen LogP contribution in [0, 0.1) is 0 Å². The Morgan fingerprint density at radius 1 is 1.28 bits per heavy atom. The standard InChI is InChI=1S/C21H22ClN5O2/c22-17-5-6-18-16(4-7-19(25-18)27-9-8-15(28)12-27)21(17)26-20(29)11-24-14-3-1-2-13(23)10-14/h1-7,10,15,24,28H,8-9,11-12,23H2,(H,26,29)/t15-/m1/s1. The zero-order chi connectivity index (χ0) is 20.4. The molecule has 8 heteroatoms. The fourth-order valence-electron chi connectivity index (χ4n) is 3.43. The molecular weight excluding hydrogens is 390 g/mol. The second-order valence-electron chi connectivity index (χ2n) is 7.07. The van der Waals surface area contributed by atoms with Crippen LogP contribution < -0.4 is 21.3 Å². The summed E-state index contributed by atoms with van der Waals surface area (Å²) in [5, 5.41) is 16.9. The molecule has 29 heavy (non-hydrogen) atoms. The number of pyridine rings is 1. The first kappa shape index (κ1) is 19.3. The summed E-state index contributed by atoms with van der Waals surface area (Å²) in [6.45, 7) is 1.42. The normalized spacial score (nSPS) is 16.2. The van der Waals surface area contributed by atoms with Gasteiger partial charge in [-0.1, -0.05) is 17.7 Å². The quantitative estimate of drug-likeness (QED) is 0.481. The van der Waals surface area contributed by atoms with Gasteiger partial charge in [0.15, 0.2) is 0 Å². The molecule has 1 saturated heterocycles. The van der Waals surface area contributed by atoms with E-state index in [9.17, 15) is 9.90 Å². The van der Waals surface area contributed by atoms with E-state index in [-0.39, 0.29) is 18.6 Å². The molecule has 150 valence electrons. The topological polar surface area (TPSA) is 104 Å². The Hall–Kier alpha value is -3.03. The lowest BCUT2D eigenvalue weighted by Gasteiger charge is -2.18. The summed E-state index contributed by atoms with van der Waals surface area (Å²) in [5.74, 6) is 0.575. The van der Waals surface area contributed by atoms with Crippen molar-refractivity contribution < 1.29 is 9.90 Å². The van der Waals surface area contributed by atoms with Crippen molar-refractivity contribution in [3.8, 4) is 0 Å². The maximum atomic E-state index is 12.5. The van der Waals surface area contributed by atoms with E-state index in [0.29, 0.717) is 22.9 Å². The van der Waals surface area contributed by atoms with Crippen LogP contribution in [0.25, 0.3) is 10.9 Å². The van der Waals surface area contributed by atoms with Gasteiger partial charge in [0.2, 0.25) is 5.91 Å². The number of aliphatic hydroxyl groups excluding tert-OH is 1. The van der Waals surface area contributed by atoms with Gasteiger partial charge in [-0.25, -0.2) is 4.98 Å². The van der Waals surface area contributed by atoms with Crippen molar-refractivity contribution in [1.82, 2.24) is 4.98 Å². The lowest BCUT2D eigenvalue weighted by molar-refractivity contribution is -0.114. The summed E-state index contributed by atoms with van der Waals surface area (Å²) < 4.78 is 0. The van der Waals surface area contributed by atoms with Gasteiger partial charge in [-0.2, -0.15) is 0 Å². The number of nitrogens with zero attached hydrogens (tertiary/aromatic N) is 2. The number of hydrogen-bond acceptors (Lipinski definition) is 6. The van der Waals surface area contributed by atoms with Crippen molar-refractivity contribution in [2.24, 2.45) is 0 Å².